The van der Waals surface area contributed by atoms with E-state index >= 15 is 0 Å². The summed E-state index contributed by atoms with van der Waals surface area (Å²) in [5, 5.41) is 8.21. The molecule has 4 amide bonds. The van der Waals surface area contributed by atoms with Crippen molar-refractivity contribution in [2.24, 2.45) is 0 Å². The van der Waals surface area contributed by atoms with Gasteiger partial charge in [0.2, 0.25) is 0 Å². The molecular formula is C23H22N6O5. The van der Waals surface area contributed by atoms with Crippen LogP contribution < -0.4 is 25.6 Å². The van der Waals surface area contributed by atoms with Crippen LogP contribution >= 0.6 is 0 Å². The number of carbonyl (C=O) groups excluding carboxylic acids is 3. The fourth-order valence-corrected chi connectivity index (χ4v) is 4.78. The van der Waals surface area contributed by atoms with Gasteiger partial charge in [-0.05, 0) is 29.8 Å². The molecule has 3 aromatic rings. The Morgan fingerprint density at radius 3 is 2.65 bits per heavy atom. The summed E-state index contributed by atoms with van der Waals surface area (Å²) < 4.78 is 11.3. The quantitative estimate of drug-likeness (QED) is 0.488. The van der Waals surface area contributed by atoms with Crippen LogP contribution in [-0.4, -0.2) is 61.0 Å². The van der Waals surface area contributed by atoms with Gasteiger partial charge in [-0.1, -0.05) is 6.07 Å². The molecule has 0 saturated carbocycles. The molecule has 6 rings (SSSR count). The molecule has 3 N–H and O–H groups in total. The van der Waals surface area contributed by atoms with Gasteiger partial charge in [0, 0.05) is 37.8 Å². The van der Waals surface area contributed by atoms with Gasteiger partial charge in [0.1, 0.15) is 17.1 Å². The predicted octanol–water partition coefficient (Wildman–Crippen LogP) is 0.894. The molecule has 174 valence electrons. The van der Waals surface area contributed by atoms with Gasteiger partial charge in [-0.15, -0.1) is 0 Å². The molecule has 11 nitrogen and oxygen atoms in total. The Bertz CT molecular complexity index is 1350. The van der Waals surface area contributed by atoms with E-state index in [1.54, 1.807) is 30.3 Å². The van der Waals surface area contributed by atoms with E-state index in [4.69, 9.17) is 14.1 Å². The number of urea groups is 1. The Kier molecular flexibility index (Phi) is 4.49. The number of benzene rings is 1. The summed E-state index contributed by atoms with van der Waals surface area (Å²) in [6, 6.07) is 9.71. The van der Waals surface area contributed by atoms with Gasteiger partial charge in [-0.25, -0.2) is 9.78 Å². The maximum atomic E-state index is 13.4. The Labute approximate surface area is 194 Å². The zero-order valence-electron chi connectivity index (χ0n) is 18.4. The van der Waals surface area contributed by atoms with Crippen molar-refractivity contribution in [1.82, 2.24) is 25.8 Å². The molecule has 2 saturated heterocycles. The normalized spacial score (nSPS) is 22.2. The monoisotopic (exact) mass is 462 g/mol. The fraction of sp³-hybridized carbons (Fsp3) is 0.304. The highest BCUT2D eigenvalue weighted by atomic mass is 16.5. The number of nitrogens with one attached hydrogen (secondary N) is 3. The number of piperazine rings is 1. The van der Waals surface area contributed by atoms with E-state index in [0.717, 1.165) is 32.0 Å². The third kappa shape index (κ3) is 2.93. The molecule has 0 aliphatic carbocycles. The minimum absolute atomic E-state index is 0.113. The van der Waals surface area contributed by atoms with Crippen LogP contribution in [0.2, 0.25) is 0 Å². The van der Waals surface area contributed by atoms with Crippen molar-refractivity contribution in [2.75, 3.05) is 38.2 Å². The maximum absolute atomic E-state index is 13.4. The maximum Gasteiger partial charge on any atom is 0.324 e. The van der Waals surface area contributed by atoms with Crippen LogP contribution in [0.1, 0.15) is 21.7 Å². The first-order valence-corrected chi connectivity index (χ1v) is 11.0. The average molecular weight is 462 g/mol. The van der Waals surface area contributed by atoms with Crippen molar-refractivity contribution in [3.63, 3.8) is 0 Å². The molecule has 1 atom stereocenters. The molecule has 34 heavy (non-hydrogen) atoms. The van der Waals surface area contributed by atoms with E-state index in [1.165, 1.54) is 12.0 Å². The first kappa shape index (κ1) is 20.5. The highest BCUT2D eigenvalue weighted by Crippen LogP contribution is 2.39. The van der Waals surface area contributed by atoms with Crippen LogP contribution in [0.25, 0.3) is 11.1 Å². The van der Waals surface area contributed by atoms with Gasteiger partial charge in [-0.2, -0.15) is 0 Å². The van der Waals surface area contributed by atoms with Crippen LogP contribution in [0.4, 0.5) is 10.6 Å². The van der Waals surface area contributed by atoms with Crippen molar-refractivity contribution in [2.45, 2.75) is 12.2 Å². The SMILES string of the molecule is COc1ccc2c(c1)C(=O)N([C@@]1(c3cc4nc(N5CCNCC5)ccc4o3)NC(=O)NC1=O)C2. The fourth-order valence-electron chi connectivity index (χ4n) is 4.78. The number of rotatable bonds is 4. The molecule has 2 aromatic heterocycles. The summed E-state index contributed by atoms with van der Waals surface area (Å²) in [7, 11) is 1.51. The van der Waals surface area contributed by atoms with Crippen LogP contribution in [0, 0.1) is 0 Å². The first-order chi connectivity index (χ1) is 16.5. The van der Waals surface area contributed by atoms with Crippen molar-refractivity contribution < 1.29 is 23.5 Å². The lowest BCUT2D eigenvalue weighted by Gasteiger charge is -2.33. The lowest BCUT2D eigenvalue weighted by molar-refractivity contribution is -0.131. The summed E-state index contributed by atoms with van der Waals surface area (Å²) in [6.45, 7) is 3.51. The summed E-state index contributed by atoms with van der Waals surface area (Å²) >= 11 is 0. The summed E-state index contributed by atoms with van der Waals surface area (Å²) in [4.78, 5) is 47.1. The molecular weight excluding hydrogens is 440 g/mol. The number of hydrogen-bond acceptors (Lipinski definition) is 8. The van der Waals surface area contributed by atoms with E-state index in [2.05, 4.69) is 20.9 Å². The molecule has 1 aromatic carbocycles. The highest BCUT2D eigenvalue weighted by Gasteiger charge is 2.58. The van der Waals surface area contributed by atoms with E-state index in [0.29, 0.717) is 28.0 Å². The molecule has 0 unspecified atom stereocenters. The van der Waals surface area contributed by atoms with Gasteiger partial charge in [0.05, 0.1) is 13.7 Å². The van der Waals surface area contributed by atoms with Gasteiger partial charge in [-0.3, -0.25) is 19.8 Å². The Hall–Kier alpha value is -4.12. The van der Waals surface area contributed by atoms with Crippen LogP contribution in [0.15, 0.2) is 40.8 Å². The largest absolute Gasteiger partial charge is 0.497 e. The number of furan rings is 1. The summed E-state index contributed by atoms with van der Waals surface area (Å²) in [5.41, 5.74) is 0.270. The minimum atomic E-state index is -1.84. The second-order valence-electron chi connectivity index (χ2n) is 8.43. The van der Waals surface area contributed by atoms with Gasteiger partial charge in [0.15, 0.2) is 11.3 Å². The number of aromatic nitrogens is 1. The third-order valence-corrected chi connectivity index (χ3v) is 6.53. The number of ether oxygens (including phenoxy) is 1. The Balaban J connectivity index is 1.43. The summed E-state index contributed by atoms with van der Waals surface area (Å²) in [6.07, 6.45) is 0. The van der Waals surface area contributed by atoms with Crippen molar-refractivity contribution in [3.8, 4) is 5.75 Å². The molecule has 11 heteroatoms. The lowest BCUT2D eigenvalue weighted by atomic mass is 10.1. The first-order valence-electron chi connectivity index (χ1n) is 11.0. The van der Waals surface area contributed by atoms with Crippen molar-refractivity contribution >= 4 is 34.8 Å². The minimum Gasteiger partial charge on any atom is -0.497 e. The van der Waals surface area contributed by atoms with Gasteiger partial charge < -0.3 is 24.7 Å². The predicted molar refractivity (Wildman–Crippen MR) is 120 cm³/mol. The van der Waals surface area contributed by atoms with Crippen LogP contribution in [0.5, 0.6) is 5.75 Å². The zero-order chi connectivity index (χ0) is 23.4. The Morgan fingerprint density at radius 2 is 1.91 bits per heavy atom. The highest BCUT2D eigenvalue weighted by molar-refractivity contribution is 6.11. The number of nitrogens with zero attached hydrogens (tertiary/aromatic N) is 3. The molecule has 3 aliphatic heterocycles. The van der Waals surface area contributed by atoms with E-state index < -0.39 is 23.5 Å². The molecule has 5 heterocycles. The number of methoxy groups -OCH3 is 1. The molecule has 0 spiro atoms. The van der Waals surface area contributed by atoms with E-state index in [-0.39, 0.29) is 12.3 Å². The zero-order valence-corrected chi connectivity index (χ0v) is 18.4. The molecule has 0 bridgehead atoms. The smallest absolute Gasteiger partial charge is 0.324 e. The Morgan fingerprint density at radius 1 is 1.09 bits per heavy atom. The second kappa shape index (κ2) is 7.45. The van der Waals surface area contributed by atoms with Gasteiger partial charge in [0.25, 0.3) is 17.5 Å². The number of amides is 4. The number of anilines is 1. The van der Waals surface area contributed by atoms with E-state index in [1.807, 2.05) is 6.07 Å². The van der Waals surface area contributed by atoms with Crippen molar-refractivity contribution in [3.05, 3.63) is 53.3 Å². The van der Waals surface area contributed by atoms with Crippen molar-refractivity contribution in [1.29, 1.82) is 0 Å². The number of hydrogen-bond donors (Lipinski definition) is 3. The lowest BCUT2D eigenvalue weighted by Crippen LogP contribution is -2.57. The summed E-state index contributed by atoms with van der Waals surface area (Å²) in [5.74, 6) is 0.334. The number of carbonyl (C=O) groups is 3. The molecule has 2 fully saturated rings. The molecule has 0 radical (unpaired) electrons. The van der Waals surface area contributed by atoms with Crippen LogP contribution in [-0.2, 0) is 17.0 Å². The topological polar surface area (TPSA) is 129 Å². The number of fused-ring (bicyclic) bond motifs is 2. The number of imide groups is 1. The standard InChI is InChI=1S/C23H22N6O5/c1-33-14-3-2-13-12-29(20(30)15(13)10-14)23(21(31)26-22(32)27-23)18-11-16-17(34-18)4-5-19(25-16)28-8-6-24-7-9-28/h2-5,10-11,24H,6-9,12H2,1H3,(H2,26,27,31,32)/t23-/m1/s1. The average Bonchev–Trinajstić information content (AvgIpc) is 3.52. The third-order valence-electron chi connectivity index (χ3n) is 6.53. The number of pyridine rings is 1. The van der Waals surface area contributed by atoms with Gasteiger partial charge >= 0.3 is 6.03 Å². The van der Waals surface area contributed by atoms with E-state index in [9.17, 15) is 14.4 Å². The second-order valence-corrected chi connectivity index (χ2v) is 8.43. The van der Waals surface area contributed by atoms with Crippen LogP contribution in [0.3, 0.4) is 0 Å². The molecule has 3 aliphatic rings.